The van der Waals surface area contributed by atoms with Crippen LogP contribution in [0.2, 0.25) is 0 Å². The van der Waals surface area contributed by atoms with Gasteiger partial charge in [0, 0.05) is 11.4 Å². The van der Waals surface area contributed by atoms with E-state index in [4.69, 9.17) is 0 Å². The molecule has 0 saturated carbocycles. The van der Waals surface area contributed by atoms with Gasteiger partial charge in [-0.3, -0.25) is 0 Å². The Hall–Kier alpha value is -0.450. The van der Waals surface area contributed by atoms with Gasteiger partial charge in [0.2, 0.25) is 0 Å². The molecule has 3 nitrogen and oxygen atoms in total. The van der Waals surface area contributed by atoms with Crippen molar-refractivity contribution in [2.45, 2.75) is 46.6 Å². The third-order valence-electron chi connectivity index (χ3n) is 3.20. The molecule has 0 aromatic carbocycles. The van der Waals surface area contributed by atoms with Gasteiger partial charge in [-0.1, -0.05) is 20.3 Å². The van der Waals surface area contributed by atoms with Crippen LogP contribution in [0.1, 0.15) is 43.7 Å². The lowest BCUT2D eigenvalue weighted by molar-refractivity contribution is 0.318. The fourth-order valence-corrected chi connectivity index (χ4v) is 2.86. The second-order valence-corrected chi connectivity index (χ2v) is 6.70. The summed E-state index contributed by atoms with van der Waals surface area (Å²) in [6, 6.07) is 0. The largest absolute Gasteiger partial charge is 0.316 e. The van der Waals surface area contributed by atoms with Crippen LogP contribution in [0.4, 0.5) is 0 Å². The molecular formula is C15H29N3S. The van der Waals surface area contributed by atoms with Gasteiger partial charge < -0.3 is 10.2 Å². The van der Waals surface area contributed by atoms with Crippen LogP contribution in [-0.4, -0.2) is 36.6 Å². The molecule has 19 heavy (non-hydrogen) atoms. The van der Waals surface area contributed by atoms with Crippen molar-refractivity contribution in [3.8, 4) is 0 Å². The molecule has 1 N–H and O–H groups in total. The van der Waals surface area contributed by atoms with Crippen LogP contribution in [0.3, 0.4) is 0 Å². The smallest absolute Gasteiger partial charge is 0.0798 e. The summed E-state index contributed by atoms with van der Waals surface area (Å²) in [6.07, 6.45) is 3.90. The van der Waals surface area contributed by atoms with Gasteiger partial charge in [-0.15, -0.1) is 11.3 Å². The summed E-state index contributed by atoms with van der Waals surface area (Å²) < 4.78 is 0. The number of unbranched alkanes of at least 4 members (excludes halogenated alkanes) is 2. The zero-order chi connectivity index (χ0) is 14.1. The van der Waals surface area contributed by atoms with Gasteiger partial charge in [-0.25, -0.2) is 4.98 Å². The molecule has 1 aromatic rings. The minimum Gasteiger partial charge on any atom is -0.316 e. The number of thiazole rings is 1. The molecule has 0 radical (unpaired) electrons. The lowest BCUT2D eigenvalue weighted by atomic mass is 10.2. The first-order valence-corrected chi connectivity index (χ1v) is 8.25. The first-order chi connectivity index (χ1) is 9.09. The molecule has 0 amide bonds. The van der Waals surface area contributed by atoms with Crippen LogP contribution in [0.15, 0.2) is 5.51 Å². The van der Waals surface area contributed by atoms with Gasteiger partial charge in [-0.05, 0) is 52.4 Å². The Morgan fingerprint density at radius 3 is 2.74 bits per heavy atom. The van der Waals surface area contributed by atoms with E-state index in [1.54, 1.807) is 11.3 Å². The van der Waals surface area contributed by atoms with E-state index in [0.717, 1.165) is 25.6 Å². The van der Waals surface area contributed by atoms with Crippen molar-refractivity contribution in [3.63, 3.8) is 0 Å². The van der Waals surface area contributed by atoms with Crippen LogP contribution in [0.25, 0.3) is 0 Å². The molecule has 0 aliphatic rings. The first kappa shape index (κ1) is 16.6. The van der Waals surface area contributed by atoms with E-state index in [-0.39, 0.29) is 0 Å². The molecule has 0 bridgehead atoms. The van der Waals surface area contributed by atoms with Crippen LogP contribution < -0.4 is 5.32 Å². The number of rotatable bonds is 10. The third-order valence-corrected chi connectivity index (χ3v) is 4.12. The molecule has 1 heterocycles. The lowest BCUT2D eigenvalue weighted by Crippen LogP contribution is -2.21. The number of aromatic nitrogens is 1. The van der Waals surface area contributed by atoms with Crippen molar-refractivity contribution in [2.75, 3.05) is 26.7 Å². The Morgan fingerprint density at radius 1 is 1.32 bits per heavy atom. The second kappa shape index (κ2) is 9.45. The number of hydrogen-bond acceptors (Lipinski definition) is 4. The highest BCUT2D eigenvalue weighted by molar-refractivity contribution is 7.09. The lowest BCUT2D eigenvalue weighted by Gasteiger charge is -2.15. The average Bonchev–Trinajstić information content (AvgIpc) is 2.73. The summed E-state index contributed by atoms with van der Waals surface area (Å²) >= 11 is 1.77. The maximum absolute atomic E-state index is 4.30. The van der Waals surface area contributed by atoms with Crippen LogP contribution >= 0.6 is 11.3 Å². The molecule has 0 atom stereocenters. The molecule has 4 heteroatoms. The Kier molecular flexibility index (Phi) is 8.26. The summed E-state index contributed by atoms with van der Waals surface area (Å²) in [6.45, 7) is 11.1. The first-order valence-electron chi connectivity index (χ1n) is 7.37. The molecule has 0 saturated heterocycles. The van der Waals surface area contributed by atoms with E-state index in [2.05, 4.69) is 43.0 Å². The number of nitrogens with zero attached hydrogens (tertiary/aromatic N) is 2. The number of nitrogens with one attached hydrogen (secondary N) is 1. The van der Waals surface area contributed by atoms with Crippen molar-refractivity contribution in [1.29, 1.82) is 0 Å². The van der Waals surface area contributed by atoms with Gasteiger partial charge in [0.25, 0.3) is 0 Å². The average molecular weight is 283 g/mol. The molecule has 0 unspecified atom stereocenters. The topological polar surface area (TPSA) is 28.2 Å². The highest BCUT2D eigenvalue weighted by Gasteiger charge is 2.05. The van der Waals surface area contributed by atoms with E-state index in [1.807, 2.05) is 5.51 Å². The Bertz CT molecular complexity index is 336. The number of hydrogen-bond donors (Lipinski definition) is 1. The van der Waals surface area contributed by atoms with E-state index < -0.39 is 0 Å². The molecule has 1 aromatic heterocycles. The Morgan fingerprint density at radius 2 is 2.11 bits per heavy atom. The maximum atomic E-state index is 4.30. The fourth-order valence-electron chi connectivity index (χ4n) is 2.00. The van der Waals surface area contributed by atoms with Crippen molar-refractivity contribution < 1.29 is 0 Å². The minimum atomic E-state index is 0.758. The van der Waals surface area contributed by atoms with Gasteiger partial charge in [0.1, 0.15) is 0 Å². The summed E-state index contributed by atoms with van der Waals surface area (Å²) in [5.41, 5.74) is 3.13. The van der Waals surface area contributed by atoms with Gasteiger partial charge in [-0.2, -0.15) is 0 Å². The predicted molar refractivity (Wildman–Crippen MR) is 84.7 cm³/mol. The summed E-state index contributed by atoms with van der Waals surface area (Å²) in [5, 5.41) is 3.50. The number of aryl methyl sites for hydroxylation is 1. The minimum absolute atomic E-state index is 0.758. The van der Waals surface area contributed by atoms with Crippen LogP contribution in [0.5, 0.6) is 0 Å². The Balaban J connectivity index is 1.99. The third kappa shape index (κ3) is 7.65. The molecule has 0 spiro atoms. The SMILES string of the molecule is Cc1ncsc1CN(C)CCCCCNCC(C)C. The van der Waals surface area contributed by atoms with Gasteiger partial charge in [0.05, 0.1) is 11.2 Å². The maximum Gasteiger partial charge on any atom is 0.0798 e. The van der Waals surface area contributed by atoms with Crippen LogP contribution in [0, 0.1) is 12.8 Å². The predicted octanol–water partition coefficient (Wildman–Crippen LogP) is 3.30. The van der Waals surface area contributed by atoms with Gasteiger partial charge in [0.15, 0.2) is 0 Å². The van der Waals surface area contributed by atoms with E-state index in [9.17, 15) is 0 Å². The highest BCUT2D eigenvalue weighted by atomic mass is 32.1. The van der Waals surface area contributed by atoms with Crippen molar-refractivity contribution in [1.82, 2.24) is 15.2 Å². The molecule has 0 aliphatic carbocycles. The molecule has 110 valence electrons. The van der Waals surface area contributed by atoms with Gasteiger partial charge >= 0.3 is 0 Å². The van der Waals surface area contributed by atoms with Crippen LogP contribution in [-0.2, 0) is 6.54 Å². The molecule has 0 fully saturated rings. The molecular weight excluding hydrogens is 254 g/mol. The van der Waals surface area contributed by atoms with Crippen molar-refractivity contribution in [3.05, 3.63) is 16.1 Å². The Labute approximate surface area is 122 Å². The zero-order valence-electron chi connectivity index (χ0n) is 12.9. The van der Waals surface area contributed by atoms with E-state index >= 15 is 0 Å². The van der Waals surface area contributed by atoms with Crippen molar-refractivity contribution in [2.24, 2.45) is 5.92 Å². The quantitative estimate of drug-likeness (QED) is 0.668. The molecule has 1 rings (SSSR count). The van der Waals surface area contributed by atoms with E-state index in [1.165, 1.54) is 36.4 Å². The van der Waals surface area contributed by atoms with Crippen molar-refractivity contribution >= 4 is 11.3 Å². The second-order valence-electron chi connectivity index (χ2n) is 5.76. The normalized spacial score (nSPS) is 11.7. The monoisotopic (exact) mass is 283 g/mol. The standard InChI is InChI=1S/C15H29N3S/c1-13(2)10-16-8-6-5-7-9-18(4)11-15-14(3)17-12-19-15/h12-13,16H,5-11H2,1-4H3. The highest BCUT2D eigenvalue weighted by Crippen LogP contribution is 2.14. The summed E-state index contributed by atoms with van der Waals surface area (Å²) in [7, 11) is 2.20. The zero-order valence-corrected chi connectivity index (χ0v) is 13.7. The fraction of sp³-hybridized carbons (Fsp3) is 0.800. The summed E-state index contributed by atoms with van der Waals surface area (Å²) in [4.78, 5) is 8.11. The summed E-state index contributed by atoms with van der Waals surface area (Å²) in [5.74, 6) is 0.758. The van der Waals surface area contributed by atoms with E-state index in [0.29, 0.717) is 0 Å². The molecule has 0 aliphatic heterocycles.